The molecule has 5 nitrogen and oxygen atoms in total. The molecule has 0 aliphatic carbocycles. The lowest BCUT2D eigenvalue weighted by Gasteiger charge is -2.26. The van der Waals surface area contributed by atoms with E-state index in [0.717, 1.165) is 31.5 Å². The normalized spacial score (nSPS) is 14.2. The van der Waals surface area contributed by atoms with Gasteiger partial charge in [-0.15, -0.1) is 0 Å². The second-order valence-electron chi connectivity index (χ2n) is 5.97. The van der Waals surface area contributed by atoms with E-state index in [1.165, 1.54) is 12.6 Å². The minimum atomic E-state index is -0.156. The average molecular weight is 323 g/mol. The van der Waals surface area contributed by atoms with Crippen molar-refractivity contribution in [3.8, 4) is 0 Å². The maximum Gasteiger partial charge on any atom is 0.253 e. The highest BCUT2D eigenvalue weighted by atomic mass is 16.2. The van der Waals surface area contributed by atoms with Gasteiger partial charge in [0.15, 0.2) is 0 Å². The molecule has 2 amide bonds. The molecular weight excluding hydrogens is 302 g/mol. The Balaban J connectivity index is 1.56. The van der Waals surface area contributed by atoms with Crippen LogP contribution in [0.1, 0.15) is 45.5 Å². The van der Waals surface area contributed by atoms with Gasteiger partial charge in [-0.2, -0.15) is 0 Å². The number of hydrogen-bond acceptors (Lipinski definition) is 3. The van der Waals surface area contributed by atoms with E-state index < -0.39 is 0 Å². The number of likely N-dealkylation sites (tertiary alicyclic amines) is 1. The van der Waals surface area contributed by atoms with Crippen molar-refractivity contribution < 1.29 is 9.59 Å². The van der Waals surface area contributed by atoms with Crippen molar-refractivity contribution in [1.29, 1.82) is 0 Å². The average Bonchev–Trinajstić information content (AvgIpc) is 2.67. The SMILES string of the molecule is O=C(NCc1ccc(C(=O)N2CCCCC2)cc1)c1cccnc1. The summed E-state index contributed by atoms with van der Waals surface area (Å²) in [6, 6.07) is 10.9. The van der Waals surface area contributed by atoms with E-state index in [-0.39, 0.29) is 11.8 Å². The third-order valence-electron chi connectivity index (χ3n) is 4.22. The van der Waals surface area contributed by atoms with Crippen LogP contribution in [0.15, 0.2) is 48.8 Å². The Morgan fingerprint density at radius 1 is 1.00 bits per heavy atom. The predicted molar refractivity (Wildman–Crippen MR) is 91.6 cm³/mol. The zero-order chi connectivity index (χ0) is 16.8. The maximum atomic E-state index is 12.4. The first-order valence-corrected chi connectivity index (χ1v) is 8.30. The summed E-state index contributed by atoms with van der Waals surface area (Å²) in [6.45, 7) is 2.12. The first kappa shape index (κ1) is 16.2. The molecule has 1 N–H and O–H groups in total. The summed E-state index contributed by atoms with van der Waals surface area (Å²) >= 11 is 0. The number of nitrogens with one attached hydrogen (secondary N) is 1. The number of aromatic nitrogens is 1. The van der Waals surface area contributed by atoms with Crippen LogP contribution >= 0.6 is 0 Å². The van der Waals surface area contributed by atoms with Gasteiger partial charge in [0.2, 0.25) is 0 Å². The molecule has 24 heavy (non-hydrogen) atoms. The number of rotatable bonds is 4. The number of hydrogen-bond donors (Lipinski definition) is 1. The van der Waals surface area contributed by atoms with Gasteiger partial charge in [-0.3, -0.25) is 14.6 Å². The molecule has 124 valence electrons. The van der Waals surface area contributed by atoms with E-state index in [2.05, 4.69) is 10.3 Å². The van der Waals surface area contributed by atoms with Crippen LogP contribution in [-0.4, -0.2) is 34.8 Å². The smallest absolute Gasteiger partial charge is 0.253 e. The standard InChI is InChI=1S/C19H21N3O2/c23-18(17-5-4-10-20-14-17)21-13-15-6-8-16(9-7-15)19(24)22-11-2-1-3-12-22/h4-10,14H,1-3,11-13H2,(H,21,23). The molecule has 1 aromatic carbocycles. The minimum absolute atomic E-state index is 0.0978. The molecule has 1 aromatic heterocycles. The largest absolute Gasteiger partial charge is 0.348 e. The predicted octanol–water partition coefficient (Wildman–Crippen LogP) is 2.64. The molecule has 0 bridgehead atoms. The van der Waals surface area contributed by atoms with Gasteiger partial charge in [0.25, 0.3) is 11.8 Å². The van der Waals surface area contributed by atoms with Crippen LogP contribution in [0.3, 0.4) is 0 Å². The van der Waals surface area contributed by atoms with Gasteiger partial charge >= 0.3 is 0 Å². The number of carbonyl (C=O) groups excluding carboxylic acids is 2. The Morgan fingerprint density at radius 2 is 1.75 bits per heavy atom. The molecule has 5 heteroatoms. The number of pyridine rings is 1. The van der Waals surface area contributed by atoms with Crippen molar-refractivity contribution in [3.63, 3.8) is 0 Å². The molecule has 2 aromatic rings. The van der Waals surface area contributed by atoms with Crippen molar-refractivity contribution in [3.05, 3.63) is 65.5 Å². The Labute approximate surface area is 141 Å². The number of amides is 2. The first-order valence-electron chi connectivity index (χ1n) is 8.30. The third kappa shape index (κ3) is 3.98. The van der Waals surface area contributed by atoms with E-state index in [0.29, 0.717) is 17.7 Å². The second kappa shape index (κ2) is 7.73. The fraction of sp³-hybridized carbons (Fsp3) is 0.316. The molecule has 0 saturated carbocycles. The van der Waals surface area contributed by atoms with Gasteiger partial charge < -0.3 is 10.2 Å². The lowest BCUT2D eigenvalue weighted by atomic mass is 10.1. The molecule has 3 rings (SSSR count). The van der Waals surface area contributed by atoms with E-state index in [1.807, 2.05) is 29.2 Å². The van der Waals surface area contributed by atoms with Crippen molar-refractivity contribution in [2.75, 3.05) is 13.1 Å². The highest BCUT2D eigenvalue weighted by molar-refractivity contribution is 5.94. The van der Waals surface area contributed by atoms with Crippen molar-refractivity contribution in [2.45, 2.75) is 25.8 Å². The Morgan fingerprint density at radius 3 is 2.42 bits per heavy atom. The van der Waals surface area contributed by atoms with E-state index in [1.54, 1.807) is 18.3 Å². The highest BCUT2D eigenvalue weighted by Crippen LogP contribution is 2.14. The number of carbonyl (C=O) groups is 2. The number of benzene rings is 1. The first-order chi connectivity index (χ1) is 11.7. The highest BCUT2D eigenvalue weighted by Gasteiger charge is 2.17. The van der Waals surface area contributed by atoms with Crippen molar-refractivity contribution in [2.24, 2.45) is 0 Å². The summed E-state index contributed by atoms with van der Waals surface area (Å²) in [5, 5.41) is 2.85. The molecule has 2 heterocycles. The lowest BCUT2D eigenvalue weighted by Crippen LogP contribution is -2.35. The topological polar surface area (TPSA) is 62.3 Å². The van der Waals surface area contributed by atoms with Crippen molar-refractivity contribution >= 4 is 11.8 Å². The maximum absolute atomic E-state index is 12.4. The molecule has 0 radical (unpaired) electrons. The van der Waals surface area contributed by atoms with Crippen LogP contribution in [0, 0.1) is 0 Å². The molecule has 0 spiro atoms. The summed E-state index contributed by atoms with van der Waals surface area (Å²) in [5.74, 6) is -0.0581. The van der Waals surface area contributed by atoms with E-state index >= 15 is 0 Å². The fourth-order valence-electron chi connectivity index (χ4n) is 2.83. The molecule has 1 saturated heterocycles. The zero-order valence-electron chi connectivity index (χ0n) is 13.6. The molecule has 0 atom stereocenters. The van der Waals surface area contributed by atoms with Crippen LogP contribution < -0.4 is 5.32 Å². The van der Waals surface area contributed by atoms with Crippen LogP contribution in [-0.2, 0) is 6.54 Å². The summed E-state index contributed by atoms with van der Waals surface area (Å²) in [5.41, 5.74) is 2.20. The van der Waals surface area contributed by atoms with Crippen LogP contribution in [0.5, 0.6) is 0 Å². The van der Waals surface area contributed by atoms with Gasteiger partial charge in [0.05, 0.1) is 5.56 Å². The molecule has 1 aliphatic heterocycles. The molecule has 1 fully saturated rings. The van der Waals surface area contributed by atoms with E-state index in [4.69, 9.17) is 0 Å². The van der Waals surface area contributed by atoms with Gasteiger partial charge in [-0.05, 0) is 49.1 Å². The minimum Gasteiger partial charge on any atom is -0.348 e. The molecule has 1 aliphatic rings. The summed E-state index contributed by atoms with van der Waals surface area (Å²) in [4.78, 5) is 30.3. The van der Waals surface area contributed by atoms with Gasteiger partial charge in [-0.25, -0.2) is 0 Å². The van der Waals surface area contributed by atoms with Crippen LogP contribution in [0.25, 0.3) is 0 Å². The van der Waals surface area contributed by atoms with Crippen LogP contribution in [0.4, 0.5) is 0 Å². The number of piperidine rings is 1. The number of nitrogens with zero attached hydrogens (tertiary/aromatic N) is 2. The quantitative estimate of drug-likeness (QED) is 0.941. The molecule has 0 unspecified atom stereocenters. The molecular formula is C19H21N3O2. The fourth-order valence-corrected chi connectivity index (χ4v) is 2.83. The zero-order valence-corrected chi connectivity index (χ0v) is 13.6. The van der Waals surface area contributed by atoms with Crippen molar-refractivity contribution in [1.82, 2.24) is 15.2 Å². The Hall–Kier alpha value is -2.69. The summed E-state index contributed by atoms with van der Waals surface area (Å²) in [6.07, 6.45) is 6.55. The Bertz CT molecular complexity index is 692. The van der Waals surface area contributed by atoms with Gasteiger partial charge in [0.1, 0.15) is 0 Å². The summed E-state index contributed by atoms with van der Waals surface area (Å²) in [7, 11) is 0. The van der Waals surface area contributed by atoms with Gasteiger partial charge in [0, 0.05) is 37.6 Å². The third-order valence-corrected chi connectivity index (χ3v) is 4.22. The second-order valence-corrected chi connectivity index (χ2v) is 5.97. The van der Waals surface area contributed by atoms with Gasteiger partial charge in [-0.1, -0.05) is 12.1 Å². The van der Waals surface area contributed by atoms with E-state index in [9.17, 15) is 9.59 Å². The monoisotopic (exact) mass is 323 g/mol. The summed E-state index contributed by atoms with van der Waals surface area (Å²) < 4.78 is 0. The lowest BCUT2D eigenvalue weighted by molar-refractivity contribution is 0.0724. The Kier molecular flexibility index (Phi) is 5.21. The van der Waals surface area contributed by atoms with Crippen LogP contribution in [0.2, 0.25) is 0 Å².